The van der Waals surface area contributed by atoms with E-state index in [0.29, 0.717) is 5.78 Å². The monoisotopic (exact) mass is 215 g/mol. The van der Waals surface area contributed by atoms with E-state index in [1.807, 2.05) is 30.3 Å². The Morgan fingerprint density at radius 1 is 1.12 bits per heavy atom. The molecule has 2 heteroatoms. The first kappa shape index (κ1) is 10.0. The average molecular weight is 215 g/mol. The van der Waals surface area contributed by atoms with Crippen molar-refractivity contribution < 1.29 is 4.79 Å². The van der Waals surface area contributed by atoms with Gasteiger partial charge in [0.2, 0.25) is 0 Å². The number of carbonyl (C=O) groups is 1. The fraction of sp³-hybridized carbons (Fsp3) is 0.500. The van der Waals surface area contributed by atoms with Crippen LogP contribution in [0.15, 0.2) is 30.3 Å². The van der Waals surface area contributed by atoms with E-state index in [1.54, 1.807) is 0 Å². The Balaban J connectivity index is 1.81. The number of rotatable bonds is 2. The third-order valence-electron chi connectivity index (χ3n) is 4.01. The molecular weight excluding hydrogens is 198 g/mol. The lowest BCUT2D eigenvalue weighted by Crippen LogP contribution is -2.52. The third kappa shape index (κ3) is 1.67. The van der Waals surface area contributed by atoms with Gasteiger partial charge in [-0.1, -0.05) is 30.3 Å². The first-order valence-corrected chi connectivity index (χ1v) is 6.18. The third-order valence-corrected chi connectivity index (χ3v) is 4.01. The molecule has 1 aromatic carbocycles. The van der Waals surface area contributed by atoms with E-state index in [2.05, 4.69) is 4.90 Å². The number of ketones is 1. The second-order valence-corrected chi connectivity index (χ2v) is 4.96. The maximum atomic E-state index is 12.3. The molecule has 3 saturated heterocycles. The lowest BCUT2D eigenvalue weighted by atomic mass is 9.81. The number of nitrogens with zero attached hydrogens (tertiary/aromatic N) is 1. The summed E-state index contributed by atoms with van der Waals surface area (Å²) in [6.45, 7) is 2.24. The number of carbonyl (C=O) groups excluding carboxylic acids is 1. The Hall–Kier alpha value is -1.15. The Labute approximate surface area is 96.3 Å². The summed E-state index contributed by atoms with van der Waals surface area (Å²) in [4.78, 5) is 14.7. The van der Waals surface area contributed by atoms with E-state index in [9.17, 15) is 4.79 Å². The molecule has 0 unspecified atom stereocenters. The summed E-state index contributed by atoms with van der Waals surface area (Å²) < 4.78 is 0. The van der Waals surface area contributed by atoms with E-state index >= 15 is 0 Å². The summed E-state index contributed by atoms with van der Waals surface area (Å²) in [7, 11) is 0. The van der Waals surface area contributed by atoms with Gasteiger partial charge in [-0.05, 0) is 38.3 Å². The van der Waals surface area contributed by atoms with Crippen LogP contribution in [-0.2, 0) is 0 Å². The Kier molecular flexibility index (Phi) is 2.52. The highest BCUT2D eigenvalue weighted by Gasteiger charge is 2.37. The zero-order chi connectivity index (χ0) is 11.0. The molecule has 0 radical (unpaired) electrons. The molecule has 16 heavy (non-hydrogen) atoms. The highest BCUT2D eigenvalue weighted by Crippen LogP contribution is 2.33. The molecule has 0 aliphatic carbocycles. The highest BCUT2D eigenvalue weighted by atomic mass is 16.1. The first-order chi connectivity index (χ1) is 7.84. The van der Waals surface area contributed by atoms with Crippen molar-refractivity contribution in [3.8, 4) is 0 Å². The van der Waals surface area contributed by atoms with Gasteiger partial charge in [-0.2, -0.15) is 0 Å². The van der Waals surface area contributed by atoms with Gasteiger partial charge in [0.1, 0.15) is 0 Å². The quantitative estimate of drug-likeness (QED) is 0.706. The van der Waals surface area contributed by atoms with Gasteiger partial charge >= 0.3 is 0 Å². The average Bonchev–Trinajstić information content (AvgIpc) is 2.40. The van der Waals surface area contributed by atoms with Crippen molar-refractivity contribution in [1.29, 1.82) is 0 Å². The van der Waals surface area contributed by atoms with Gasteiger partial charge in [0.15, 0.2) is 5.78 Å². The zero-order valence-electron chi connectivity index (χ0n) is 9.43. The molecule has 3 aliphatic heterocycles. The topological polar surface area (TPSA) is 20.3 Å². The summed E-state index contributed by atoms with van der Waals surface area (Å²) in [5, 5.41) is 0. The van der Waals surface area contributed by atoms with Crippen molar-refractivity contribution in [3.05, 3.63) is 35.9 Å². The molecular formula is C14H17NO. The van der Waals surface area contributed by atoms with Crippen LogP contribution in [0.4, 0.5) is 0 Å². The largest absolute Gasteiger partial charge is 0.293 e. The van der Waals surface area contributed by atoms with Crippen LogP contribution < -0.4 is 0 Å². The van der Waals surface area contributed by atoms with Gasteiger partial charge in [0, 0.05) is 5.56 Å². The summed E-state index contributed by atoms with van der Waals surface area (Å²) in [5.41, 5.74) is 0.875. The van der Waals surface area contributed by atoms with Crippen molar-refractivity contribution in [3.63, 3.8) is 0 Å². The number of fused-ring (bicyclic) bond motifs is 3. The van der Waals surface area contributed by atoms with Crippen molar-refractivity contribution in [2.45, 2.75) is 25.3 Å². The Bertz CT molecular complexity index is 379. The summed E-state index contributed by atoms with van der Waals surface area (Å²) >= 11 is 0. The van der Waals surface area contributed by atoms with Crippen molar-refractivity contribution in [2.24, 2.45) is 5.92 Å². The number of hydrogen-bond donors (Lipinski definition) is 0. The molecule has 0 aromatic heterocycles. The van der Waals surface area contributed by atoms with Crippen LogP contribution in [-0.4, -0.2) is 29.8 Å². The molecule has 2 bridgehead atoms. The van der Waals surface area contributed by atoms with Crippen LogP contribution in [0, 0.1) is 5.92 Å². The van der Waals surface area contributed by atoms with E-state index in [4.69, 9.17) is 0 Å². The molecule has 3 heterocycles. The van der Waals surface area contributed by atoms with E-state index in [0.717, 1.165) is 31.0 Å². The molecule has 0 saturated carbocycles. The van der Waals surface area contributed by atoms with Gasteiger partial charge in [0.25, 0.3) is 0 Å². The molecule has 0 N–H and O–H groups in total. The molecule has 4 rings (SSSR count). The standard InChI is InChI=1S/C14H17NO/c16-14(12-4-2-1-3-5-12)13-10-11-6-8-15(13)9-7-11/h1-5,11,13H,6-10H2/t13-/m0/s1. The summed E-state index contributed by atoms with van der Waals surface area (Å²) in [5.74, 6) is 1.12. The molecule has 0 spiro atoms. The first-order valence-electron chi connectivity index (χ1n) is 6.18. The summed E-state index contributed by atoms with van der Waals surface area (Å²) in [6.07, 6.45) is 3.66. The maximum Gasteiger partial charge on any atom is 0.179 e. The number of benzene rings is 1. The highest BCUT2D eigenvalue weighted by molar-refractivity contribution is 6.00. The fourth-order valence-electron chi connectivity index (χ4n) is 3.03. The molecule has 84 valence electrons. The number of Topliss-reactive ketones (excluding diaryl/α,β-unsaturated/α-hetero) is 1. The Morgan fingerprint density at radius 2 is 1.81 bits per heavy atom. The molecule has 3 aliphatic rings. The van der Waals surface area contributed by atoms with Gasteiger partial charge in [-0.3, -0.25) is 9.69 Å². The minimum atomic E-state index is 0.162. The second-order valence-electron chi connectivity index (χ2n) is 4.96. The summed E-state index contributed by atoms with van der Waals surface area (Å²) in [6, 6.07) is 9.89. The van der Waals surface area contributed by atoms with Crippen LogP contribution in [0.1, 0.15) is 29.6 Å². The van der Waals surface area contributed by atoms with Gasteiger partial charge in [-0.25, -0.2) is 0 Å². The molecule has 1 aromatic rings. The van der Waals surface area contributed by atoms with Crippen LogP contribution in [0.3, 0.4) is 0 Å². The molecule has 3 fully saturated rings. The molecule has 0 amide bonds. The molecule has 2 nitrogen and oxygen atoms in total. The zero-order valence-corrected chi connectivity index (χ0v) is 9.43. The van der Waals surface area contributed by atoms with Crippen LogP contribution in [0.25, 0.3) is 0 Å². The van der Waals surface area contributed by atoms with Crippen LogP contribution >= 0.6 is 0 Å². The SMILES string of the molecule is O=C(c1ccccc1)[C@@H]1CC2CCN1CC2. The minimum absolute atomic E-state index is 0.162. The predicted octanol–water partition coefficient (Wildman–Crippen LogP) is 2.35. The predicted molar refractivity (Wildman–Crippen MR) is 63.5 cm³/mol. The molecule has 1 atom stereocenters. The smallest absolute Gasteiger partial charge is 0.179 e. The van der Waals surface area contributed by atoms with E-state index in [-0.39, 0.29) is 6.04 Å². The maximum absolute atomic E-state index is 12.3. The van der Waals surface area contributed by atoms with Gasteiger partial charge < -0.3 is 0 Å². The minimum Gasteiger partial charge on any atom is -0.293 e. The van der Waals surface area contributed by atoms with Crippen molar-refractivity contribution >= 4 is 5.78 Å². The lowest BCUT2D eigenvalue weighted by Gasteiger charge is -2.44. The second kappa shape index (κ2) is 4.02. The van der Waals surface area contributed by atoms with Gasteiger partial charge in [0.05, 0.1) is 6.04 Å². The van der Waals surface area contributed by atoms with Crippen molar-refractivity contribution in [2.75, 3.05) is 13.1 Å². The fourth-order valence-corrected chi connectivity index (χ4v) is 3.03. The van der Waals surface area contributed by atoms with E-state index in [1.165, 1.54) is 12.8 Å². The number of hydrogen-bond acceptors (Lipinski definition) is 2. The Morgan fingerprint density at radius 3 is 2.38 bits per heavy atom. The van der Waals surface area contributed by atoms with Crippen LogP contribution in [0.2, 0.25) is 0 Å². The lowest BCUT2D eigenvalue weighted by molar-refractivity contribution is 0.0407. The van der Waals surface area contributed by atoms with Crippen LogP contribution in [0.5, 0.6) is 0 Å². The normalized spacial score (nSPS) is 32.6. The van der Waals surface area contributed by atoms with E-state index < -0.39 is 0 Å². The number of piperidine rings is 3. The van der Waals surface area contributed by atoms with Crippen molar-refractivity contribution in [1.82, 2.24) is 4.90 Å². The van der Waals surface area contributed by atoms with Gasteiger partial charge in [-0.15, -0.1) is 0 Å².